The van der Waals surface area contributed by atoms with Gasteiger partial charge in [0, 0.05) is 6.26 Å². The van der Waals surface area contributed by atoms with Gasteiger partial charge in [0.25, 0.3) is 0 Å². The van der Waals surface area contributed by atoms with E-state index in [2.05, 4.69) is 0 Å². The highest BCUT2D eigenvalue weighted by Crippen LogP contribution is 2.27. The van der Waals surface area contributed by atoms with Crippen molar-refractivity contribution in [1.29, 1.82) is 0 Å². The van der Waals surface area contributed by atoms with Gasteiger partial charge in [-0.25, -0.2) is 8.42 Å². The van der Waals surface area contributed by atoms with Crippen molar-refractivity contribution < 1.29 is 23.1 Å². The lowest BCUT2D eigenvalue weighted by Crippen LogP contribution is -2.15. The average molecular weight is 258 g/mol. The van der Waals surface area contributed by atoms with Gasteiger partial charge in [0.1, 0.15) is 5.75 Å². The van der Waals surface area contributed by atoms with Crippen molar-refractivity contribution in [3.8, 4) is 5.75 Å². The van der Waals surface area contributed by atoms with E-state index in [1.165, 1.54) is 13.2 Å². The van der Waals surface area contributed by atoms with Gasteiger partial charge in [-0.2, -0.15) is 0 Å². The van der Waals surface area contributed by atoms with Crippen LogP contribution in [0.25, 0.3) is 0 Å². The van der Waals surface area contributed by atoms with Gasteiger partial charge in [0.05, 0.1) is 18.8 Å². The minimum atomic E-state index is -3.47. The zero-order valence-corrected chi connectivity index (χ0v) is 10.4. The number of aliphatic carboxylic acids is 1. The van der Waals surface area contributed by atoms with Crippen LogP contribution in [-0.4, -0.2) is 32.9 Å². The number of hydrogen-bond acceptors (Lipinski definition) is 4. The third-order valence-electron chi connectivity index (χ3n) is 2.34. The number of carbonyl (C=O) groups is 1. The molecule has 1 atom stereocenters. The molecule has 94 valence electrons. The largest absolute Gasteiger partial charge is 0.497 e. The molecule has 0 radical (unpaired) electrons. The van der Waals surface area contributed by atoms with Crippen LogP contribution in [0.3, 0.4) is 0 Å². The normalized spacial score (nSPS) is 13.1. The first-order valence-electron chi connectivity index (χ1n) is 4.89. The quantitative estimate of drug-likeness (QED) is 0.859. The van der Waals surface area contributed by atoms with Crippen molar-refractivity contribution in [3.05, 3.63) is 29.8 Å². The average Bonchev–Trinajstić information content (AvgIpc) is 2.24. The minimum Gasteiger partial charge on any atom is -0.497 e. The topological polar surface area (TPSA) is 80.7 Å². The van der Waals surface area contributed by atoms with Gasteiger partial charge in [-0.05, 0) is 17.7 Å². The third kappa shape index (κ3) is 3.74. The summed E-state index contributed by atoms with van der Waals surface area (Å²) in [6.45, 7) is 0. The molecule has 0 saturated heterocycles. The number of rotatable bonds is 5. The minimum absolute atomic E-state index is 0.425. The molecule has 0 bridgehead atoms. The lowest BCUT2D eigenvalue weighted by atomic mass is 10.1. The number of sulfone groups is 1. The molecule has 6 heteroatoms. The molecular weight excluding hydrogens is 244 g/mol. The van der Waals surface area contributed by atoms with Crippen LogP contribution in [0.4, 0.5) is 0 Å². The lowest BCUT2D eigenvalue weighted by molar-refractivity contribution is -0.137. The van der Waals surface area contributed by atoms with Crippen LogP contribution in [-0.2, 0) is 14.6 Å². The summed E-state index contributed by atoms with van der Waals surface area (Å²) < 4.78 is 28.1. The maximum Gasteiger partial charge on any atom is 0.305 e. The molecule has 0 aromatic heterocycles. The van der Waals surface area contributed by atoms with Crippen LogP contribution in [0.5, 0.6) is 5.75 Å². The molecule has 5 nitrogen and oxygen atoms in total. The molecule has 1 N–H and O–H groups in total. The van der Waals surface area contributed by atoms with E-state index in [0.717, 1.165) is 6.26 Å². The molecule has 1 aromatic rings. The Morgan fingerprint density at radius 1 is 1.47 bits per heavy atom. The van der Waals surface area contributed by atoms with Gasteiger partial charge in [0.15, 0.2) is 9.84 Å². The molecule has 0 amide bonds. The van der Waals surface area contributed by atoms with Crippen molar-refractivity contribution in [1.82, 2.24) is 0 Å². The van der Waals surface area contributed by atoms with Gasteiger partial charge in [-0.15, -0.1) is 0 Å². The molecule has 0 aliphatic carbocycles. The number of carboxylic acids is 1. The highest BCUT2D eigenvalue weighted by molar-refractivity contribution is 7.90. The molecule has 0 saturated carbocycles. The van der Waals surface area contributed by atoms with E-state index < -0.39 is 27.5 Å². The summed E-state index contributed by atoms with van der Waals surface area (Å²) in [5, 5.41) is 7.69. The van der Waals surface area contributed by atoms with Crippen molar-refractivity contribution >= 4 is 15.8 Å². The fraction of sp³-hybridized carbons (Fsp3) is 0.364. The first kappa shape index (κ1) is 13.5. The molecule has 0 fully saturated rings. The Hall–Kier alpha value is -1.56. The molecule has 17 heavy (non-hydrogen) atoms. The number of methoxy groups -OCH3 is 1. The van der Waals surface area contributed by atoms with Crippen LogP contribution in [0.1, 0.15) is 17.2 Å². The SMILES string of the molecule is COc1cccc(C(CC(=O)O)S(C)(=O)=O)c1. The van der Waals surface area contributed by atoms with E-state index in [0.29, 0.717) is 11.3 Å². The Bertz CT molecular complexity index is 506. The highest BCUT2D eigenvalue weighted by Gasteiger charge is 2.25. The van der Waals surface area contributed by atoms with Gasteiger partial charge >= 0.3 is 5.97 Å². The molecule has 1 rings (SSSR count). The Morgan fingerprint density at radius 3 is 2.59 bits per heavy atom. The van der Waals surface area contributed by atoms with E-state index >= 15 is 0 Å². The van der Waals surface area contributed by atoms with Crippen LogP contribution in [0.2, 0.25) is 0 Å². The molecule has 0 aliphatic heterocycles. The summed E-state index contributed by atoms with van der Waals surface area (Å²) in [5.74, 6) is -0.648. The predicted octanol–water partition coefficient (Wildman–Crippen LogP) is 1.26. The number of ether oxygens (including phenoxy) is 1. The van der Waals surface area contributed by atoms with Gasteiger partial charge in [-0.1, -0.05) is 12.1 Å². The summed E-state index contributed by atoms with van der Waals surface area (Å²) in [6, 6.07) is 6.42. The maximum atomic E-state index is 11.6. The van der Waals surface area contributed by atoms with E-state index in [9.17, 15) is 13.2 Å². The van der Waals surface area contributed by atoms with E-state index in [1.54, 1.807) is 18.2 Å². The monoisotopic (exact) mass is 258 g/mol. The summed E-state index contributed by atoms with van der Waals surface area (Å²) in [7, 11) is -2.01. The third-order valence-corrected chi connectivity index (χ3v) is 3.81. The van der Waals surface area contributed by atoms with Crippen LogP contribution < -0.4 is 4.74 Å². The first-order valence-corrected chi connectivity index (χ1v) is 6.84. The smallest absolute Gasteiger partial charge is 0.305 e. The lowest BCUT2D eigenvalue weighted by Gasteiger charge is -2.14. The second-order valence-corrected chi connectivity index (χ2v) is 5.92. The van der Waals surface area contributed by atoms with Crippen LogP contribution in [0, 0.1) is 0 Å². The highest BCUT2D eigenvalue weighted by atomic mass is 32.2. The van der Waals surface area contributed by atoms with Crippen molar-refractivity contribution in [2.24, 2.45) is 0 Å². The van der Waals surface area contributed by atoms with E-state index in [-0.39, 0.29) is 0 Å². The Morgan fingerprint density at radius 2 is 2.12 bits per heavy atom. The standard InChI is InChI=1S/C11H14O5S/c1-16-9-5-3-4-8(6-9)10(7-11(12)13)17(2,14)15/h3-6,10H,7H2,1-2H3,(H,12,13). The Labute approximate surface area is 100.0 Å². The zero-order chi connectivity index (χ0) is 13.1. The Kier molecular flexibility index (Phi) is 4.11. The van der Waals surface area contributed by atoms with Gasteiger partial charge in [0.2, 0.25) is 0 Å². The molecule has 0 heterocycles. The van der Waals surface area contributed by atoms with Crippen LogP contribution >= 0.6 is 0 Å². The summed E-state index contributed by atoms with van der Waals surface area (Å²) in [4.78, 5) is 10.7. The van der Waals surface area contributed by atoms with Crippen molar-refractivity contribution in [3.63, 3.8) is 0 Å². The second kappa shape index (κ2) is 5.18. The van der Waals surface area contributed by atoms with Gasteiger partial charge < -0.3 is 9.84 Å². The molecule has 1 aromatic carbocycles. The summed E-state index contributed by atoms with van der Waals surface area (Å²) >= 11 is 0. The van der Waals surface area contributed by atoms with Gasteiger partial charge in [-0.3, -0.25) is 4.79 Å². The summed E-state index contributed by atoms with van der Waals surface area (Å²) in [5.41, 5.74) is 0.425. The number of benzene rings is 1. The van der Waals surface area contributed by atoms with E-state index in [1.807, 2.05) is 0 Å². The fourth-order valence-electron chi connectivity index (χ4n) is 1.52. The van der Waals surface area contributed by atoms with Crippen LogP contribution in [0.15, 0.2) is 24.3 Å². The predicted molar refractivity (Wildman–Crippen MR) is 62.8 cm³/mol. The van der Waals surface area contributed by atoms with E-state index in [4.69, 9.17) is 9.84 Å². The molecule has 1 unspecified atom stereocenters. The molecule has 0 spiro atoms. The summed E-state index contributed by atoms with van der Waals surface area (Å²) in [6.07, 6.45) is 0.575. The molecule has 0 aliphatic rings. The Balaban J connectivity index is 3.17. The molecular formula is C11H14O5S. The maximum absolute atomic E-state index is 11.6. The second-order valence-electron chi connectivity index (χ2n) is 3.69. The fourth-order valence-corrected chi connectivity index (χ4v) is 2.60. The zero-order valence-electron chi connectivity index (χ0n) is 9.58. The number of carboxylic acid groups (broad SMARTS) is 1. The van der Waals surface area contributed by atoms with Crippen molar-refractivity contribution in [2.45, 2.75) is 11.7 Å². The number of hydrogen-bond donors (Lipinski definition) is 1. The van der Waals surface area contributed by atoms with Crippen molar-refractivity contribution in [2.75, 3.05) is 13.4 Å². The first-order chi connectivity index (χ1) is 7.84.